The van der Waals surface area contributed by atoms with Crippen LogP contribution in [0.3, 0.4) is 0 Å². The zero-order valence-electron chi connectivity index (χ0n) is 12.3. The highest BCUT2D eigenvalue weighted by molar-refractivity contribution is 5.89. The van der Waals surface area contributed by atoms with Crippen LogP contribution >= 0.6 is 0 Å². The molecule has 0 aliphatic heterocycles. The third kappa shape index (κ3) is 5.56. The fourth-order valence-electron chi connectivity index (χ4n) is 1.51. The van der Waals surface area contributed by atoms with Gasteiger partial charge in [-0.1, -0.05) is 0 Å². The number of hydrogen-bond donors (Lipinski definition) is 0. The molecule has 0 saturated carbocycles. The Morgan fingerprint density at radius 3 is 2.52 bits per heavy atom. The molecule has 1 aromatic rings. The first kappa shape index (κ1) is 16.6. The van der Waals surface area contributed by atoms with Crippen LogP contribution in [0.5, 0.6) is 11.5 Å². The van der Waals surface area contributed by atoms with Crippen LogP contribution in [-0.4, -0.2) is 39.4 Å². The molecule has 0 fully saturated rings. The summed E-state index contributed by atoms with van der Waals surface area (Å²) in [6.07, 6.45) is 2.73. The lowest BCUT2D eigenvalue weighted by molar-refractivity contribution is -0.155. The van der Waals surface area contributed by atoms with Crippen molar-refractivity contribution in [3.8, 4) is 11.5 Å². The summed E-state index contributed by atoms with van der Waals surface area (Å²) in [5.41, 5.74) is 0.657. The zero-order chi connectivity index (χ0) is 15.7. The van der Waals surface area contributed by atoms with Crippen molar-refractivity contribution in [3.63, 3.8) is 0 Å². The summed E-state index contributed by atoms with van der Waals surface area (Å²) in [7, 11) is 3.07. The predicted molar refractivity (Wildman–Crippen MR) is 76.2 cm³/mol. The van der Waals surface area contributed by atoms with E-state index < -0.39 is 18.5 Å². The van der Waals surface area contributed by atoms with Crippen molar-refractivity contribution in [2.45, 2.75) is 6.92 Å². The molecule has 0 atom stereocenters. The van der Waals surface area contributed by atoms with E-state index in [1.807, 2.05) is 0 Å². The third-order valence-electron chi connectivity index (χ3n) is 2.47. The molecule has 114 valence electrons. The van der Waals surface area contributed by atoms with Crippen molar-refractivity contribution >= 4 is 18.0 Å². The molecule has 0 spiro atoms. The number of ether oxygens (including phenoxy) is 4. The maximum atomic E-state index is 11.5. The van der Waals surface area contributed by atoms with Gasteiger partial charge in [-0.2, -0.15) is 0 Å². The Morgan fingerprint density at radius 1 is 1.14 bits per heavy atom. The molecule has 0 aliphatic carbocycles. The topological polar surface area (TPSA) is 71.1 Å². The van der Waals surface area contributed by atoms with Gasteiger partial charge in [0.1, 0.15) is 11.5 Å². The van der Waals surface area contributed by atoms with Gasteiger partial charge in [0.2, 0.25) is 0 Å². The van der Waals surface area contributed by atoms with Gasteiger partial charge in [-0.05, 0) is 31.2 Å². The van der Waals surface area contributed by atoms with Crippen LogP contribution in [-0.2, 0) is 19.1 Å². The van der Waals surface area contributed by atoms with Crippen LogP contribution in [0.4, 0.5) is 0 Å². The maximum Gasteiger partial charge on any atom is 0.344 e. The Kier molecular flexibility index (Phi) is 6.80. The first-order valence-electron chi connectivity index (χ1n) is 6.33. The molecule has 0 saturated heterocycles. The molecule has 6 heteroatoms. The van der Waals surface area contributed by atoms with Crippen LogP contribution in [0.1, 0.15) is 12.5 Å². The fraction of sp³-hybridized carbons (Fsp3) is 0.333. The molecule has 0 radical (unpaired) electrons. The second-order valence-electron chi connectivity index (χ2n) is 3.85. The van der Waals surface area contributed by atoms with Gasteiger partial charge in [-0.15, -0.1) is 0 Å². The number of rotatable bonds is 7. The highest BCUT2D eigenvalue weighted by atomic mass is 16.6. The van der Waals surface area contributed by atoms with Crippen LogP contribution in [0.15, 0.2) is 24.3 Å². The number of carbonyl (C=O) groups is 2. The lowest BCUT2D eigenvalue weighted by Crippen LogP contribution is -2.15. The number of carbonyl (C=O) groups excluding carboxylic acids is 2. The Labute approximate surface area is 123 Å². The largest absolute Gasteiger partial charge is 0.497 e. The number of esters is 2. The summed E-state index contributed by atoms with van der Waals surface area (Å²) in [5, 5.41) is 0. The van der Waals surface area contributed by atoms with Gasteiger partial charge in [-0.25, -0.2) is 9.59 Å². The monoisotopic (exact) mass is 294 g/mol. The molecule has 0 amide bonds. The molecule has 1 rings (SSSR count). The summed E-state index contributed by atoms with van der Waals surface area (Å²) in [6.45, 7) is 1.51. The summed E-state index contributed by atoms with van der Waals surface area (Å²) >= 11 is 0. The molecule has 0 aromatic heterocycles. The van der Waals surface area contributed by atoms with E-state index in [2.05, 4.69) is 4.74 Å². The van der Waals surface area contributed by atoms with Crippen LogP contribution < -0.4 is 9.47 Å². The number of benzene rings is 1. The molecule has 0 N–H and O–H groups in total. The van der Waals surface area contributed by atoms with E-state index in [-0.39, 0.29) is 6.61 Å². The summed E-state index contributed by atoms with van der Waals surface area (Å²) in [5.74, 6) is -0.00767. The van der Waals surface area contributed by atoms with Crippen molar-refractivity contribution < 1.29 is 28.5 Å². The molecule has 0 aliphatic rings. The van der Waals surface area contributed by atoms with Crippen LogP contribution in [0, 0.1) is 0 Å². The van der Waals surface area contributed by atoms with E-state index in [1.54, 1.807) is 32.2 Å². The molecule has 6 nitrogen and oxygen atoms in total. The standard InChI is InChI=1S/C15H18O6/c1-4-20-15(17)10-21-14(16)8-5-11-9-12(18-2)6-7-13(11)19-3/h5-9H,4,10H2,1-3H3/b8-5+. The van der Waals surface area contributed by atoms with Crippen molar-refractivity contribution in [2.75, 3.05) is 27.4 Å². The molecule has 1 aromatic carbocycles. The Hall–Kier alpha value is -2.50. The van der Waals surface area contributed by atoms with E-state index >= 15 is 0 Å². The second kappa shape index (κ2) is 8.63. The van der Waals surface area contributed by atoms with Gasteiger partial charge in [-0.3, -0.25) is 0 Å². The molecular weight excluding hydrogens is 276 g/mol. The number of hydrogen-bond acceptors (Lipinski definition) is 6. The van der Waals surface area contributed by atoms with Crippen molar-refractivity contribution in [3.05, 3.63) is 29.8 Å². The van der Waals surface area contributed by atoms with Crippen LogP contribution in [0.25, 0.3) is 6.08 Å². The van der Waals surface area contributed by atoms with E-state index in [0.717, 1.165) is 0 Å². The first-order chi connectivity index (χ1) is 10.1. The highest BCUT2D eigenvalue weighted by Crippen LogP contribution is 2.25. The molecule has 0 heterocycles. The minimum atomic E-state index is -0.645. The minimum Gasteiger partial charge on any atom is -0.497 e. The highest BCUT2D eigenvalue weighted by Gasteiger charge is 2.06. The van der Waals surface area contributed by atoms with E-state index in [1.165, 1.54) is 19.3 Å². The fourth-order valence-corrected chi connectivity index (χ4v) is 1.51. The quantitative estimate of drug-likeness (QED) is 0.564. The van der Waals surface area contributed by atoms with E-state index in [9.17, 15) is 9.59 Å². The number of methoxy groups -OCH3 is 2. The Balaban J connectivity index is 2.66. The average Bonchev–Trinajstić information content (AvgIpc) is 2.50. The normalized spacial score (nSPS) is 10.2. The Morgan fingerprint density at radius 2 is 1.90 bits per heavy atom. The SMILES string of the molecule is CCOC(=O)COC(=O)/C=C/c1cc(OC)ccc1OC. The van der Waals surface area contributed by atoms with Crippen molar-refractivity contribution in [1.29, 1.82) is 0 Å². The minimum absolute atomic E-state index is 0.243. The summed E-state index contributed by atoms with van der Waals surface area (Å²) in [6, 6.07) is 5.19. The molecular formula is C15H18O6. The molecule has 0 unspecified atom stereocenters. The van der Waals surface area contributed by atoms with Crippen molar-refractivity contribution in [2.24, 2.45) is 0 Å². The van der Waals surface area contributed by atoms with Crippen molar-refractivity contribution in [1.82, 2.24) is 0 Å². The summed E-state index contributed by atoms with van der Waals surface area (Å²) in [4.78, 5) is 22.5. The third-order valence-corrected chi connectivity index (χ3v) is 2.47. The molecule has 21 heavy (non-hydrogen) atoms. The van der Waals surface area contributed by atoms with E-state index in [4.69, 9.17) is 14.2 Å². The summed E-state index contributed by atoms with van der Waals surface area (Å²) < 4.78 is 19.7. The van der Waals surface area contributed by atoms with Gasteiger partial charge < -0.3 is 18.9 Å². The van der Waals surface area contributed by atoms with Gasteiger partial charge in [0.05, 0.1) is 20.8 Å². The zero-order valence-corrected chi connectivity index (χ0v) is 12.3. The maximum absolute atomic E-state index is 11.5. The smallest absolute Gasteiger partial charge is 0.344 e. The van der Waals surface area contributed by atoms with Crippen LogP contribution in [0.2, 0.25) is 0 Å². The Bertz CT molecular complexity index is 521. The lowest BCUT2D eigenvalue weighted by atomic mass is 10.1. The van der Waals surface area contributed by atoms with Gasteiger partial charge in [0.15, 0.2) is 6.61 Å². The van der Waals surface area contributed by atoms with Gasteiger partial charge in [0, 0.05) is 11.6 Å². The molecule has 0 bridgehead atoms. The lowest BCUT2D eigenvalue weighted by Gasteiger charge is -2.07. The van der Waals surface area contributed by atoms with Gasteiger partial charge >= 0.3 is 11.9 Å². The van der Waals surface area contributed by atoms with E-state index in [0.29, 0.717) is 17.1 Å². The second-order valence-corrected chi connectivity index (χ2v) is 3.85. The predicted octanol–water partition coefficient (Wildman–Crippen LogP) is 1.82. The first-order valence-corrected chi connectivity index (χ1v) is 6.33. The van der Waals surface area contributed by atoms with Gasteiger partial charge in [0.25, 0.3) is 0 Å². The average molecular weight is 294 g/mol.